The van der Waals surface area contributed by atoms with Crippen LogP contribution >= 0.6 is 0 Å². The van der Waals surface area contributed by atoms with Gasteiger partial charge in [0.15, 0.2) is 0 Å². The first kappa shape index (κ1) is 19.3. The number of fused-ring (bicyclic) bond motifs is 3. The average molecular weight is 452 g/mol. The molecule has 8 rings (SSSR count). The van der Waals surface area contributed by atoms with E-state index in [1.165, 1.54) is 75.9 Å². The number of aromatic amines is 1. The molecule has 0 aliphatic heterocycles. The van der Waals surface area contributed by atoms with Crippen LogP contribution in [-0.4, -0.2) is 10.6 Å². The minimum absolute atomic E-state index is 0.285. The van der Waals surface area contributed by atoms with Crippen LogP contribution in [0.1, 0.15) is 26.3 Å². The fourth-order valence-electron chi connectivity index (χ4n) is 6.38. The van der Waals surface area contributed by atoms with Crippen molar-refractivity contribution in [2.24, 2.45) is 0 Å². The molecule has 0 amide bonds. The molecule has 8 aromatic rings. The molecule has 1 aromatic heterocycles. The smallest absolute Gasteiger partial charge is 0.128 e. The van der Waals surface area contributed by atoms with Crippen molar-refractivity contribution in [2.45, 2.75) is 33.3 Å². The molecule has 0 spiro atoms. The summed E-state index contributed by atoms with van der Waals surface area (Å²) >= 11 is 0. The summed E-state index contributed by atoms with van der Waals surface area (Å²) < 4.78 is 6.60. The van der Waals surface area contributed by atoms with Crippen LogP contribution in [0, 0.1) is 6.92 Å². The minimum Gasteiger partial charge on any atom is -0.487 e. The number of benzene rings is 6. The highest BCUT2D eigenvalue weighted by molar-refractivity contribution is 6.48. The molecule has 0 aliphatic carbocycles. The molecule has 2 heteroatoms. The standard InChI is InChI=1S/C33H25NO/c1-17-14-22-23-15-25(18-8-6-5-7-9-18)34-32(23)24-16-26(35-33(2,3)4)21-13-11-19-10-12-20(17)28-27(19)29(21)31(24)30(22)28/h5-16,34H,1-4H3. The van der Waals surface area contributed by atoms with E-state index < -0.39 is 0 Å². The number of H-pyrrole nitrogens is 1. The Morgan fingerprint density at radius 1 is 0.629 bits per heavy atom. The maximum absolute atomic E-state index is 6.60. The lowest BCUT2D eigenvalue weighted by Crippen LogP contribution is -2.23. The monoisotopic (exact) mass is 451 g/mol. The van der Waals surface area contributed by atoms with Gasteiger partial charge in [-0.3, -0.25) is 0 Å². The number of hydrogen-bond donors (Lipinski definition) is 1. The topological polar surface area (TPSA) is 25.0 Å². The summed E-state index contributed by atoms with van der Waals surface area (Å²) in [5.41, 5.74) is 4.59. The average Bonchev–Trinajstić information content (AvgIpc) is 3.44. The van der Waals surface area contributed by atoms with Crippen molar-refractivity contribution in [2.75, 3.05) is 0 Å². The minimum atomic E-state index is -0.285. The maximum Gasteiger partial charge on any atom is 0.128 e. The van der Waals surface area contributed by atoms with Gasteiger partial charge < -0.3 is 9.72 Å². The first-order valence-corrected chi connectivity index (χ1v) is 12.4. The first-order valence-electron chi connectivity index (χ1n) is 12.4. The number of nitrogens with one attached hydrogen (secondary N) is 1. The van der Waals surface area contributed by atoms with Gasteiger partial charge >= 0.3 is 0 Å². The SMILES string of the molecule is Cc1cc2c3cc(-c4ccccc4)[nH]c3c3cc(OC(C)(C)C)c4ccc5ccc1c1c5c4c3c21. The van der Waals surface area contributed by atoms with Gasteiger partial charge in [-0.25, -0.2) is 0 Å². The lowest BCUT2D eigenvalue weighted by atomic mass is 9.94. The van der Waals surface area contributed by atoms with Crippen molar-refractivity contribution < 1.29 is 4.74 Å². The van der Waals surface area contributed by atoms with E-state index in [4.69, 9.17) is 4.74 Å². The Morgan fingerprint density at radius 2 is 1.31 bits per heavy atom. The van der Waals surface area contributed by atoms with Gasteiger partial charge in [-0.1, -0.05) is 54.6 Å². The molecular formula is C33H25NO. The molecule has 0 radical (unpaired) electrons. The molecular weight excluding hydrogens is 426 g/mol. The van der Waals surface area contributed by atoms with Crippen LogP contribution in [0.2, 0.25) is 0 Å². The first-order chi connectivity index (χ1) is 16.9. The Morgan fingerprint density at radius 3 is 2.09 bits per heavy atom. The third kappa shape index (κ3) is 2.39. The van der Waals surface area contributed by atoms with Crippen LogP contribution in [0.25, 0.3) is 76.0 Å². The van der Waals surface area contributed by atoms with Gasteiger partial charge in [0, 0.05) is 32.6 Å². The zero-order valence-corrected chi connectivity index (χ0v) is 20.3. The Hall–Kier alpha value is -4.04. The zero-order valence-electron chi connectivity index (χ0n) is 20.3. The largest absolute Gasteiger partial charge is 0.487 e. The van der Waals surface area contributed by atoms with Crippen LogP contribution in [0.3, 0.4) is 0 Å². The lowest BCUT2D eigenvalue weighted by Gasteiger charge is -2.23. The second-order valence-corrected chi connectivity index (χ2v) is 11.0. The quantitative estimate of drug-likeness (QED) is 0.260. The van der Waals surface area contributed by atoms with Crippen LogP contribution in [0.5, 0.6) is 5.75 Å². The fourth-order valence-corrected chi connectivity index (χ4v) is 6.38. The van der Waals surface area contributed by atoms with Gasteiger partial charge in [0.1, 0.15) is 11.4 Å². The molecule has 2 nitrogen and oxygen atoms in total. The van der Waals surface area contributed by atoms with E-state index in [1.807, 2.05) is 0 Å². The molecule has 1 N–H and O–H groups in total. The summed E-state index contributed by atoms with van der Waals surface area (Å²) in [7, 11) is 0. The Balaban J connectivity index is 1.67. The highest BCUT2D eigenvalue weighted by Crippen LogP contribution is 2.53. The molecule has 0 bridgehead atoms. The van der Waals surface area contributed by atoms with Crippen LogP contribution in [0.4, 0.5) is 0 Å². The van der Waals surface area contributed by atoms with Gasteiger partial charge in [-0.2, -0.15) is 0 Å². The van der Waals surface area contributed by atoms with Crippen LogP contribution in [-0.2, 0) is 0 Å². The van der Waals surface area contributed by atoms with E-state index in [9.17, 15) is 0 Å². The van der Waals surface area contributed by atoms with Crippen molar-refractivity contribution in [3.8, 4) is 17.0 Å². The van der Waals surface area contributed by atoms with Gasteiger partial charge in [0.2, 0.25) is 0 Å². The van der Waals surface area contributed by atoms with Gasteiger partial charge in [-0.15, -0.1) is 0 Å². The Labute approximate surface area is 203 Å². The molecule has 0 saturated carbocycles. The normalized spacial score (nSPS) is 13.1. The van der Waals surface area contributed by atoms with E-state index in [2.05, 4.69) is 105 Å². The molecule has 35 heavy (non-hydrogen) atoms. The Bertz CT molecular complexity index is 2050. The predicted octanol–water partition coefficient (Wildman–Crippen LogP) is 9.40. The Kier molecular flexibility index (Phi) is 3.38. The fraction of sp³-hybridized carbons (Fsp3) is 0.152. The second kappa shape index (κ2) is 6.14. The summed E-state index contributed by atoms with van der Waals surface area (Å²) in [5.74, 6) is 0.958. The predicted molar refractivity (Wildman–Crippen MR) is 150 cm³/mol. The number of aryl methyl sites for hydroxylation is 1. The number of hydrogen-bond acceptors (Lipinski definition) is 1. The second-order valence-electron chi connectivity index (χ2n) is 11.0. The van der Waals surface area contributed by atoms with Crippen LogP contribution in [0.15, 0.2) is 72.8 Å². The molecule has 0 saturated heterocycles. The van der Waals surface area contributed by atoms with Gasteiger partial charge in [0.05, 0.1) is 5.52 Å². The summed E-state index contributed by atoms with van der Waals surface area (Å²) in [6.45, 7) is 8.63. The lowest BCUT2D eigenvalue weighted by molar-refractivity contribution is 0.133. The van der Waals surface area contributed by atoms with E-state index in [0.29, 0.717) is 0 Å². The molecule has 7 aromatic carbocycles. The van der Waals surface area contributed by atoms with Crippen molar-refractivity contribution in [1.82, 2.24) is 4.98 Å². The van der Waals surface area contributed by atoms with Crippen molar-refractivity contribution in [3.63, 3.8) is 0 Å². The third-order valence-corrected chi connectivity index (χ3v) is 7.68. The van der Waals surface area contributed by atoms with Crippen molar-refractivity contribution in [1.29, 1.82) is 0 Å². The van der Waals surface area contributed by atoms with Crippen LogP contribution < -0.4 is 4.74 Å². The maximum atomic E-state index is 6.60. The van der Waals surface area contributed by atoms with Gasteiger partial charge in [-0.05, 0) is 89.3 Å². The number of aromatic nitrogens is 1. The molecule has 0 unspecified atom stereocenters. The van der Waals surface area contributed by atoms with Gasteiger partial charge in [0.25, 0.3) is 0 Å². The van der Waals surface area contributed by atoms with E-state index in [1.54, 1.807) is 0 Å². The number of ether oxygens (including phenoxy) is 1. The highest BCUT2D eigenvalue weighted by Gasteiger charge is 2.27. The zero-order chi connectivity index (χ0) is 23.6. The summed E-state index contributed by atoms with van der Waals surface area (Å²) in [6, 6.07) is 26.7. The van der Waals surface area contributed by atoms with E-state index in [-0.39, 0.29) is 5.60 Å². The third-order valence-electron chi connectivity index (χ3n) is 7.68. The van der Waals surface area contributed by atoms with E-state index in [0.717, 1.165) is 11.4 Å². The van der Waals surface area contributed by atoms with E-state index >= 15 is 0 Å². The van der Waals surface area contributed by atoms with Crippen molar-refractivity contribution in [3.05, 3.63) is 78.4 Å². The molecule has 0 fully saturated rings. The molecule has 168 valence electrons. The summed E-state index contributed by atoms with van der Waals surface area (Å²) in [5, 5.41) is 14.6. The highest BCUT2D eigenvalue weighted by atomic mass is 16.5. The molecule has 1 heterocycles. The number of rotatable bonds is 2. The summed E-state index contributed by atoms with van der Waals surface area (Å²) in [4.78, 5) is 3.81. The van der Waals surface area contributed by atoms with Crippen molar-refractivity contribution >= 4 is 64.8 Å². The molecule has 0 atom stereocenters. The summed E-state index contributed by atoms with van der Waals surface area (Å²) in [6.07, 6.45) is 0. The molecule has 0 aliphatic rings.